The van der Waals surface area contributed by atoms with Gasteiger partial charge >= 0.3 is 0 Å². The summed E-state index contributed by atoms with van der Waals surface area (Å²) in [7, 11) is 0. The summed E-state index contributed by atoms with van der Waals surface area (Å²) in [5.74, 6) is -0.444. The van der Waals surface area contributed by atoms with Crippen LogP contribution in [0.15, 0.2) is 24.3 Å². The number of nitrogens with zero attached hydrogens (tertiary/aromatic N) is 1. The van der Waals surface area contributed by atoms with E-state index < -0.39 is 5.91 Å². The molecule has 0 heterocycles. The van der Waals surface area contributed by atoms with Crippen LogP contribution in [0.4, 0.5) is 5.69 Å². The molecule has 0 aliphatic heterocycles. The number of amides is 2. The summed E-state index contributed by atoms with van der Waals surface area (Å²) >= 11 is 1.14. The molecule has 1 aromatic rings. The standard InChI is InChI=1S/C11H14N2O3S/c1-8(15)13(17-7-6-14)10-5-3-2-4-9(10)11(12)16/h2-5,14H,6-7H2,1H3,(H2,12,16). The molecule has 0 aliphatic carbocycles. The fourth-order valence-electron chi connectivity index (χ4n) is 1.32. The molecule has 6 heteroatoms. The molecule has 0 unspecified atom stereocenters. The lowest BCUT2D eigenvalue weighted by molar-refractivity contribution is -0.115. The Balaban J connectivity index is 3.09. The minimum absolute atomic E-state index is 0.0484. The van der Waals surface area contributed by atoms with Gasteiger partial charge in [-0.2, -0.15) is 0 Å². The molecule has 0 fully saturated rings. The molecular formula is C11H14N2O3S. The van der Waals surface area contributed by atoms with E-state index in [1.165, 1.54) is 11.2 Å². The zero-order valence-corrected chi connectivity index (χ0v) is 10.2. The van der Waals surface area contributed by atoms with Crippen molar-refractivity contribution in [2.45, 2.75) is 6.92 Å². The zero-order chi connectivity index (χ0) is 12.8. The number of rotatable bonds is 5. The molecule has 0 saturated carbocycles. The van der Waals surface area contributed by atoms with Crippen molar-refractivity contribution in [3.05, 3.63) is 29.8 Å². The average Bonchev–Trinajstić information content (AvgIpc) is 2.29. The van der Waals surface area contributed by atoms with E-state index in [2.05, 4.69) is 0 Å². The Morgan fingerprint density at radius 3 is 2.59 bits per heavy atom. The molecule has 0 aliphatic rings. The van der Waals surface area contributed by atoms with Crippen molar-refractivity contribution in [3.63, 3.8) is 0 Å². The minimum Gasteiger partial charge on any atom is -0.395 e. The first-order valence-electron chi connectivity index (χ1n) is 5.01. The molecule has 0 saturated heterocycles. The summed E-state index contributed by atoms with van der Waals surface area (Å²) in [6.45, 7) is 1.34. The second-order valence-electron chi connectivity index (χ2n) is 3.25. The van der Waals surface area contributed by atoms with Gasteiger partial charge in [0.15, 0.2) is 0 Å². The first-order valence-corrected chi connectivity index (χ1v) is 5.95. The average molecular weight is 254 g/mol. The number of hydrogen-bond donors (Lipinski definition) is 2. The fourth-order valence-corrected chi connectivity index (χ4v) is 2.07. The molecule has 0 spiro atoms. The van der Waals surface area contributed by atoms with Crippen LogP contribution < -0.4 is 10.0 Å². The largest absolute Gasteiger partial charge is 0.395 e. The van der Waals surface area contributed by atoms with E-state index in [0.29, 0.717) is 11.4 Å². The Bertz CT molecular complexity index is 423. The monoisotopic (exact) mass is 254 g/mol. The van der Waals surface area contributed by atoms with Crippen molar-refractivity contribution >= 4 is 29.4 Å². The van der Waals surface area contributed by atoms with Gasteiger partial charge in [0.2, 0.25) is 5.91 Å². The first-order chi connectivity index (χ1) is 8.07. The molecule has 0 atom stereocenters. The quantitative estimate of drug-likeness (QED) is 0.760. The van der Waals surface area contributed by atoms with Gasteiger partial charge in [0, 0.05) is 12.7 Å². The minimum atomic E-state index is -0.587. The third kappa shape index (κ3) is 3.47. The molecule has 3 N–H and O–H groups in total. The van der Waals surface area contributed by atoms with Gasteiger partial charge in [-0.1, -0.05) is 12.1 Å². The van der Waals surface area contributed by atoms with Crippen molar-refractivity contribution in [1.82, 2.24) is 0 Å². The Morgan fingerprint density at radius 1 is 1.41 bits per heavy atom. The lowest BCUT2D eigenvalue weighted by atomic mass is 10.1. The highest BCUT2D eigenvalue weighted by Crippen LogP contribution is 2.26. The second kappa shape index (κ2) is 6.27. The predicted octanol–water partition coefficient (Wildman–Crippen LogP) is 0.779. The lowest BCUT2D eigenvalue weighted by Crippen LogP contribution is -2.25. The second-order valence-corrected chi connectivity index (χ2v) is 4.28. The maximum Gasteiger partial charge on any atom is 0.250 e. The van der Waals surface area contributed by atoms with Gasteiger partial charge in [0.05, 0.1) is 17.9 Å². The molecule has 5 nitrogen and oxygen atoms in total. The van der Waals surface area contributed by atoms with Crippen LogP contribution in [0.25, 0.3) is 0 Å². The van der Waals surface area contributed by atoms with Crippen LogP contribution >= 0.6 is 11.9 Å². The Hall–Kier alpha value is -1.53. The Kier molecular flexibility index (Phi) is 4.99. The summed E-state index contributed by atoms with van der Waals surface area (Å²) in [5.41, 5.74) is 5.98. The van der Waals surface area contributed by atoms with Crippen LogP contribution in [0.3, 0.4) is 0 Å². The van der Waals surface area contributed by atoms with E-state index in [0.717, 1.165) is 11.9 Å². The van der Waals surface area contributed by atoms with Gasteiger partial charge in [0.1, 0.15) is 0 Å². The molecule has 92 valence electrons. The van der Waals surface area contributed by atoms with Crippen LogP contribution in [0.5, 0.6) is 0 Å². The lowest BCUT2D eigenvalue weighted by Gasteiger charge is -2.21. The molecule has 2 amide bonds. The number of primary amides is 1. The SMILES string of the molecule is CC(=O)N(SCCO)c1ccccc1C(N)=O. The highest BCUT2D eigenvalue weighted by atomic mass is 32.2. The van der Waals surface area contributed by atoms with E-state index in [1.807, 2.05) is 0 Å². The molecule has 0 aromatic heterocycles. The van der Waals surface area contributed by atoms with Crippen molar-refractivity contribution in [2.24, 2.45) is 5.73 Å². The normalized spacial score (nSPS) is 10.0. The van der Waals surface area contributed by atoms with E-state index in [4.69, 9.17) is 10.8 Å². The van der Waals surface area contributed by atoms with Crippen LogP contribution in [-0.4, -0.2) is 29.3 Å². The highest BCUT2D eigenvalue weighted by Gasteiger charge is 2.17. The Labute approximate surface area is 104 Å². The van der Waals surface area contributed by atoms with Crippen molar-refractivity contribution in [1.29, 1.82) is 0 Å². The zero-order valence-electron chi connectivity index (χ0n) is 9.42. The summed E-state index contributed by atoms with van der Waals surface area (Å²) in [6, 6.07) is 6.61. The van der Waals surface area contributed by atoms with Crippen LogP contribution in [0.2, 0.25) is 0 Å². The number of nitrogens with two attached hydrogens (primary N) is 1. The summed E-state index contributed by atoms with van der Waals surface area (Å²) in [5, 5.41) is 8.77. The Morgan fingerprint density at radius 2 is 2.06 bits per heavy atom. The van der Waals surface area contributed by atoms with Gasteiger partial charge < -0.3 is 10.8 Å². The van der Waals surface area contributed by atoms with Crippen molar-refractivity contribution in [3.8, 4) is 0 Å². The maximum absolute atomic E-state index is 11.5. The molecule has 0 radical (unpaired) electrons. The van der Waals surface area contributed by atoms with Gasteiger partial charge in [-0.05, 0) is 24.1 Å². The third-order valence-electron chi connectivity index (χ3n) is 1.99. The predicted molar refractivity (Wildman–Crippen MR) is 67.7 cm³/mol. The van der Waals surface area contributed by atoms with Gasteiger partial charge in [0.25, 0.3) is 5.91 Å². The van der Waals surface area contributed by atoms with Crippen LogP contribution in [0.1, 0.15) is 17.3 Å². The van der Waals surface area contributed by atoms with Crippen molar-refractivity contribution < 1.29 is 14.7 Å². The number of hydrogen-bond acceptors (Lipinski definition) is 4. The summed E-state index contributed by atoms with van der Waals surface area (Å²) < 4.78 is 1.36. The molecule has 1 rings (SSSR count). The number of carbonyl (C=O) groups is 2. The van der Waals surface area contributed by atoms with Crippen LogP contribution in [0, 0.1) is 0 Å². The molecule has 0 bridgehead atoms. The molecule has 17 heavy (non-hydrogen) atoms. The van der Waals surface area contributed by atoms with Crippen LogP contribution in [-0.2, 0) is 4.79 Å². The number of anilines is 1. The number of aliphatic hydroxyl groups excluding tert-OH is 1. The smallest absolute Gasteiger partial charge is 0.250 e. The van der Waals surface area contributed by atoms with Gasteiger partial charge in [-0.25, -0.2) is 0 Å². The van der Waals surface area contributed by atoms with E-state index in [9.17, 15) is 9.59 Å². The first kappa shape index (κ1) is 13.5. The van der Waals surface area contributed by atoms with Gasteiger partial charge in [-0.3, -0.25) is 13.9 Å². The van der Waals surface area contributed by atoms with Gasteiger partial charge in [-0.15, -0.1) is 0 Å². The van der Waals surface area contributed by atoms with E-state index in [-0.39, 0.29) is 18.1 Å². The van der Waals surface area contributed by atoms with Crippen molar-refractivity contribution in [2.75, 3.05) is 16.7 Å². The summed E-state index contributed by atoms with van der Waals surface area (Å²) in [6.07, 6.45) is 0. The number of para-hydroxylation sites is 1. The number of carbonyl (C=O) groups excluding carboxylic acids is 2. The maximum atomic E-state index is 11.5. The topological polar surface area (TPSA) is 83.6 Å². The number of benzene rings is 1. The van der Waals surface area contributed by atoms with E-state index in [1.54, 1.807) is 24.3 Å². The molecule has 1 aromatic carbocycles. The number of aliphatic hydroxyl groups is 1. The van der Waals surface area contributed by atoms with E-state index >= 15 is 0 Å². The third-order valence-corrected chi connectivity index (χ3v) is 3.06. The fraction of sp³-hybridized carbons (Fsp3) is 0.273. The summed E-state index contributed by atoms with van der Waals surface area (Å²) in [4.78, 5) is 22.7. The highest BCUT2D eigenvalue weighted by molar-refractivity contribution is 8.01. The molecular weight excluding hydrogens is 240 g/mol.